The molecule has 0 amide bonds. The number of esters is 1. The summed E-state index contributed by atoms with van der Waals surface area (Å²) in [5.74, 6) is 1.45. The number of carbonyl (C=O) groups is 1. The largest absolute Gasteiger partial charge is 0.441 e. The highest BCUT2D eigenvalue weighted by molar-refractivity contribution is 6.23. The highest BCUT2D eigenvalue weighted by Gasteiger charge is 2.47. The molecule has 0 atom stereocenters. The SMILES string of the molecule is CC(C)CCn1cc(C2=CC(c3cn(CCC(C)C)c4ccccc34)(c3cn(CCC(C)C)c4ccccc34)OC2=O)c2ccccc21. The van der Waals surface area contributed by atoms with E-state index in [1.54, 1.807) is 0 Å². The first kappa shape index (κ1) is 32.1. The van der Waals surface area contributed by atoms with Crippen LogP contribution in [0.4, 0.5) is 0 Å². The van der Waals surface area contributed by atoms with Gasteiger partial charge in [0.05, 0.1) is 5.57 Å². The van der Waals surface area contributed by atoms with E-state index in [9.17, 15) is 4.79 Å². The smallest absolute Gasteiger partial charge is 0.340 e. The zero-order valence-electron chi connectivity index (χ0n) is 29.4. The fourth-order valence-corrected chi connectivity index (χ4v) is 7.38. The van der Waals surface area contributed by atoms with Crippen molar-refractivity contribution >= 4 is 44.3 Å². The highest BCUT2D eigenvalue weighted by Crippen LogP contribution is 2.50. The third-order valence-corrected chi connectivity index (χ3v) is 10.1. The van der Waals surface area contributed by atoms with Gasteiger partial charge >= 0.3 is 5.97 Å². The number of cyclic esters (lactones) is 1. The summed E-state index contributed by atoms with van der Waals surface area (Å²) in [5, 5.41) is 3.31. The molecule has 3 aromatic heterocycles. The van der Waals surface area contributed by atoms with Crippen molar-refractivity contribution in [3.8, 4) is 0 Å². The van der Waals surface area contributed by atoms with Gasteiger partial charge in [0.2, 0.25) is 0 Å². The van der Waals surface area contributed by atoms with Crippen molar-refractivity contribution in [2.75, 3.05) is 0 Å². The molecule has 1 aliphatic heterocycles. The van der Waals surface area contributed by atoms with E-state index in [2.05, 4.69) is 153 Å². The van der Waals surface area contributed by atoms with E-state index in [4.69, 9.17) is 4.74 Å². The fourth-order valence-electron chi connectivity index (χ4n) is 7.38. The summed E-state index contributed by atoms with van der Waals surface area (Å²) in [5.41, 5.74) is 5.98. The summed E-state index contributed by atoms with van der Waals surface area (Å²) in [4.78, 5) is 14.5. The predicted octanol–water partition coefficient (Wildman–Crippen LogP) is 10.6. The maximum Gasteiger partial charge on any atom is 0.340 e. The predicted molar refractivity (Wildman–Crippen MR) is 199 cm³/mol. The number of para-hydroxylation sites is 3. The molecule has 248 valence electrons. The van der Waals surface area contributed by atoms with Gasteiger partial charge in [-0.2, -0.15) is 0 Å². The van der Waals surface area contributed by atoms with Crippen molar-refractivity contribution in [3.63, 3.8) is 0 Å². The Balaban J connectivity index is 1.49. The molecule has 0 saturated carbocycles. The Morgan fingerprint density at radius 3 is 1.42 bits per heavy atom. The number of aromatic nitrogens is 3. The van der Waals surface area contributed by atoms with Crippen LogP contribution in [-0.2, 0) is 34.8 Å². The Labute approximate surface area is 284 Å². The lowest BCUT2D eigenvalue weighted by Crippen LogP contribution is -2.27. The lowest BCUT2D eigenvalue weighted by Gasteiger charge is -2.26. The second-order valence-corrected chi connectivity index (χ2v) is 15.0. The lowest BCUT2D eigenvalue weighted by molar-refractivity contribution is -0.142. The number of fused-ring (bicyclic) bond motifs is 3. The van der Waals surface area contributed by atoms with Gasteiger partial charge in [-0.1, -0.05) is 96.1 Å². The summed E-state index contributed by atoms with van der Waals surface area (Å²) in [6.45, 7) is 16.3. The molecular weight excluding hydrogens is 590 g/mol. The number of rotatable bonds is 12. The molecule has 1 aliphatic rings. The number of aryl methyl sites for hydroxylation is 3. The number of benzene rings is 3. The van der Waals surface area contributed by atoms with Crippen LogP contribution in [0.3, 0.4) is 0 Å². The van der Waals surface area contributed by atoms with E-state index in [0.29, 0.717) is 23.3 Å². The van der Waals surface area contributed by atoms with Gasteiger partial charge < -0.3 is 18.4 Å². The second-order valence-electron chi connectivity index (χ2n) is 15.0. The minimum atomic E-state index is -1.10. The van der Waals surface area contributed by atoms with Crippen molar-refractivity contribution in [2.24, 2.45) is 17.8 Å². The molecule has 6 aromatic rings. The third kappa shape index (κ3) is 5.67. The van der Waals surface area contributed by atoms with Crippen LogP contribution in [0.1, 0.15) is 77.5 Å². The van der Waals surface area contributed by atoms with Crippen LogP contribution in [0, 0.1) is 17.8 Å². The molecule has 7 rings (SSSR count). The van der Waals surface area contributed by atoms with Gasteiger partial charge in [0.15, 0.2) is 5.60 Å². The van der Waals surface area contributed by atoms with Crippen molar-refractivity contribution in [2.45, 2.75) is 86.0 Å². The molecule has 3 aromatic carbocycles. The number of hydrogen-bond acceptors (Lipinski definition) is 2. The van der Waals surface area contributed by atoms with Gasteiger partial charge in [-0.05, 0) is 61.3 Å². The number of carbonyl (C=O) groups excluding carboxylic acids is 1. The zero-order chi connectivity index (χ0) is 33.6. The topological polar surface area (TPSA) is 41.1 Å². The van der Waals surface area contributed by atoms with Crippen LogP contribution in [0.2, 0.25) is 0 Å². The quantitative estimate of drug-likeness (QED) is 0.125. The molecule has 5 nitrogen and oxygen atoms in total. The molecule has 0 saturated heterocycles. The van der Waals surface area contributed by atoms with E-state index in [0.717, 1.165) is 77.3 Å². The van der Waals surface area contributed by atoms with Crippen LogP contribution in [-0.4, -0.2) is 19.7 Å². The summed E-state index contributed by atoms with van der Waals surface area (Å²) in [6.07, 6.45) is 12.0. The second kappa shape index (κ2) is 12.8. The average molecular weight is 640 g/mol. The molecule has 0 radical (unpaired) electrons. The Bertz CT molecular complexity index is 2040. The Kier molecular flexibility index (Phi) is 8.57. The zero-order valence-corrected chi connectivity index (χ0v) is 29.4. The number of ether oxygens (including phenoxy) is 1. The molecule has 0 aliphatic carbocycles. The molecule has 0 bridgehead atoms. The molecule has 0 unspecified atom stereocenters. The van der Waals surface area contributed by atoms with E-state index < -0.39 is 5.60 Å². The third-order valence-electron chi connectivity index (χ3n) is 10.1. The van der Waals surface area contributed by atoms with Crippen LogP contribution in [0.15, 0.2) is 97.5 Å². The molecule has 5 heteroatoms. The van der Waals surface area contributed by atoms with Gasteiger partial charge in [0.1, 0.15) is 0 Å². The van der Waals surface area contributed by atoms with Gasteiger partial charge in [-0.15, -0.1) is 0 Å². The molecule has 4 heterocycles. The Morgan fingerprint density at radius 1 is 0.562 bits per heavy atom. The first-order valence-electron chi connectivity index (χ1n) is 17.9. The Morgan fingerprint density at radius 2 is 0.958 bits per heavy atom. The summed E-state index contributed by atoms with van der Waals surface area (Å²) in [6, 6.07) is 25.6. The normalized spacial score (nSPS) is 14.8. The van der Waals surface area contributed by atoms with E-state index in [1.807, 2.05) is 0 Å². The van der Waals surface area contributed by atoms with Crippen molar-refractivity contribution in [1.82, 2.24) is 13.7 Å². The van der Waals surface area contributed by atoms with Gasteiger partial charge in [-0.25, -0.2) is 4.79 Å². The molecule has 0 fully saturated rings. The minimum Gasteiger partial charge on any atom is -0.441 e. The first-order valence-corrected chi connectivity index (χ1v) is 17.9. The van der Waals surface area contributed by atoms with Crippen LogP contribution < -0.4 is 0 Å². The van der Waals surface area contributed by atoms with E-state index >= 15 is 0 Å². The molecule has 0 N–H and O–H groups in total. The van der Waals surface area contributed by atoms with Crippen molar-refractivity contribution in [3.05, 3.63) is 114 Å². The van der Waals surface area contributed by atoms with Crippen molar-refractivity contribution in [1.29, 1.82) is 0 Å². The molecule has 0 spiro atoms. The van der Waals surface area contributed by atoms with E-state index in [-0.39, 0.29) is 5.97 Å². The fraction of sp³-hybridized carbons (Fsp3) is 0.372. The highest BCUT2D eigenvalue weighted by atomic mass is 16.6. The average Bonchev–Trinajstić information content (AvgIpc) is 3.83. The standard InChI is InChI=1S/C43H49N3O2/c1-29(2)19-22-44-26-36(32-13-7-10-16-39(32)44)35-25-43(48-42(35)47,37-27-45(23-20-30(3)4)40-17-11-8-14-33(37)40)38-28-46(24-21-31(5)6)41-18-12-9-15-34(38)41/h7-18,25-31H,19-24H2,1-6H3. The summed E-state index contributed by atoms with van der Waals surface area (Å²) in [7, 11) is 0. The maximum atomic E-state index is 14.5. The van der Waals surface area contributed by atoms with E-state index in [1.165, 1.54) is 11.0 Å². The number of nitrogens with zero attached hydrogens (tertiary/aromatic N) is 3. The maximum absolute atomic E-state index is 14.5. The van der Waals surface area contributed by atoms with Crippen molar-refractivity contribution < 1.29 is 9.53 Å². The van der Waals surface area contributed by atoms with Gasteiger partial charge in [-0.3, -0.25) is 0 Å². The van der Waals surface area contributed by atoms with Crippen LogP contribution >= 0.6 is 0 Å². The Hall–Kier alpha value is -4.51. The molecule has 48 heavy (non-hydrogen) atoms. The summed E-state index contributed by atoms with van der Waals surface area (Å²) < 4.78 is 13.9. The monoisotopic (exact) mass is 639 g/mol. The lowest BCUT2D eigenvalue weighted by atomic mass is 9.84. The van der Waals surface area contributed by atoms with Crippen LogP contribution in [0.25, 0.3) is 38.3 Å². The van der Waals surface area contributed by atoms with Gasteiger partial charge in [0.25, 0.3) is 0 Å². The van der Waals surface area contributed by atoms with Crippen LogP contribution in [0.5, 0.6) is 0 Å². The first-order chi connectivity index (χ1) is 23.2. The minimum absolute atomic E-state index is 0.278. The molecular formula is C43H49N3O2. The summed E-state index contributed by atoms with van der Waals surface area (Å²) >= 11 is 0. The van der Waals surface area contributed by atoms with Gasteiger partial charge in [0, 0.05) is 87.6 Å². The number of hydrogen-bond donors (Lipinski definition) is 0.